The van der Waals surface area contributed by atoms with Crippen molar-refractivity contribution in [3.63, 3.8) is 0 Å². The normalized spacial score (nSPS) is 15.8. The van der Waals surface area contributed by atoms with Gasteiger partial charge in [0, 0.05) is 25.3 Å². The van der Waals surface area contributed by atoms with Crippen LogP contribution in [0.3, 0.4) is 0 Å². The van der Waals surface area contributed by atoms with Gasteiger partial charge >= 0.3 is 0 Å². The van der Waals surface area contributed by atoms with Gasteiger partial charge in [-0.2, -0.15) is 0 Å². The van der Waals surface area contributed by atoms with Crippen molar-refractivity contribution in [1.82, 2.24) is 10.2 Å². The Morgan fingerprint density at radius 1 is 1.12 bits per heavy atom. The molecule has 25 heavy (non-hydrogen) atoms. The molecule has 0 bridgehead atoms. The second-order valence-corrected chi connectivity index (χ2v) is 6.93. The quantitative estimate of drug-likeness (QED) is 0.825. The van der Waals surface area contributed by atoms with Gasteiger partial charge in [0.05, 0.1) is 6.04 Å². The molecule has 1 atom stereocenters. The van der Waals surface area contributed by atoms with E-state index in [2.05, 4.69) is 34.9 Å². The van der Waals surface area contributed by atoms with Crippen LogP contribution in [0.5, 0.6) is 0 Å². The maximum absolute atomic E-state index is 11.9. The monoisotopic (exact) mass is 353 g/mol. The summed E-state index contributed by atoms with van der Waals surface area (Å²) in [7, 11) is 3.49. The van der Waals surface area contributed by atoms with Crippen molar-refractivity contribution in [1.29, 1.82) is 0 Å². The number of hydrogen-bond donors (Lipinski definition) is 2. The molecule has 1 aliphatic carbocycles. The zero-order chi connectivity index (χ0) is 17.8. The third-order valence-corrected chi connectivity index (χ3v) is 4.69. The number of nitrogens with one attached hydrogen (secondary N) is 2. The number of fused-ring (bicyclic) bond motifs is 1. The lowest BCUT2D eigenvalue weighted by Crippen LogP contribution is -2.34. The van der Waals surface area contributed by atoms with Gasteiger partial charge in [-0.25, -0.2) is 0 Å². The Balaban J connectivity index is 1.63. The first kappa shape index (κ1) is 17.4. The Bertz CT molecular complexity index is 771. The number of benzene rings is 2. The smallest absolute Gasteiger partial charge is 0.253 e. The van der Waals surface area contributed by atoms with Crippen LogP contribution in [0.2, 0.25) is 0 Å². The largest absolute Gasteiger partial charge is 0.356 e. The van der Waals surface area contributed by atoms with Crippen LogP contribution in [0.15, 0.2) is 48.5 Å². The standard InChI is InChI=1S/C20H23N3OS/c1-23(2)19(24)15-10-12-16(13-11-15)21-20(25)22-18-9-5-7-14-6-3-4-8-17(14)18/h3-4,6,8,10-13,18H,5,7,9H2,1-2H3,(H2,21,22,25). The van der Waals surface area contributed by atoms with Crippen molar-refractivity contribution in [2.45, 2.75) is 25.3 Å². The molecular weight excluding hydrogens is 330 g/mol. The highest BCUT2D eigenvalue weighted by atomic mass is 32.1. The fourth-order valence-electron chi connectivity index (χ4n) is 3.18. The SMILES string of the molecule is CN(C)C(=O)c1ccc(NC(=S)NC2CCCc3ccccc32)cc1. The average molecular weight is 353 g/mol. The van der Waals surface area contributed by atoms with Crippen LogP contribution in [0.1, 0.15) is 40.4 Å². The zero-order valence-corrected chi connectivity index (χ0v) is 15.4. The summed E-state index contributed by atoms with van der Waals surface area (Å²) in [5.74, 6) is -0.00827. The number of nitrogens with zero attached hydrogens (tertiary/aromatic N) is 1. The average Bonchev–Trinajstić information content (AvgIpc) is 2.62. The minimum atomic E-state index is -0.00827. The van der Waals surface area contributed by atoms with Crippen LogP contribution in [0, 0.1) is 0 Å². The molecule has 0 aromatic heterocycles. The van der Waals surface area contributed by atoms with Crippen molar-refractivity contribution in [2.75, 3.05) is 19.4 Å². The molecule has 0 radical (unpaired) electrons. The van der Waals surface area contributed by atoms with Crippen molar-refractivity contribution in [3.8, 4) is 0 Å². The van der Waals surface area contributed by atoms with Gasteiger partial charge in [0.25, 0.3) is 5.91 Å². The molecule has 0 aliphatic heterocycles. The first-order valence-electron chi connectivity index (χ1n) is 8.51. The van der Waals surface area contributed by atoms with Crippen LogP contribution in [0.4, 0.5) is 5.69 Å². The van der Waals surface area contributed by atoms with Gasteiger partial charge in [-0.05, 0) is 66.9 Å². The second-order valence-electron chi connectivity index (χ2n) is 6.52. The summed E-state index contributed by atoms with van der Waals surface area (Å²) in [6, 6.07) is 16.2. The molecule has 2 N–H and O–H groups in total. The zero-order valence-electron chi connectivity index (χ0n) is 14.6. The fourth-order valence-corrected chi connectivity index (χ4v) is 3.44. The lowest BCUT2D eigenvalue weighted by molar-refractivity contribution is 0.0827. The predicted octanol–water partition coefficient (Wildman–Crippen LogP) is 3.75. The van der Waals surface area contributed by atoms with E-state index in [4.69, 9.17) is 12.2 Å². The summed E-state index contributed by atoms with van der Waals surface area (Å²) in [6.45, 7) is 0. The molecule has 1 amide bonds. The number of amides is 1. The molecule has 3 rings (SSSR count). The minimum absolute atomic E-state index is 0.00827. The topological polar surface area (TPSA) is 44.4 Å². The number of aryl methyl sites for hydroxylation is 1. The van der Waals surface area contributed by atoms with Crippen molar-refractivity contribution >= 4 is 28.9 Å². The number of thiocarbonyl (C=S) groups is 1. The number of hydrogen-bond acceptors (Lipinski definition) is 2. The summed E-state index contributed by atoms with van der Waals surface area (Å²) in [5, 5.41) is 7.24. The van der Waals surface area contributed by atoms with E-state index in [-0.39, 0.29) is 11.9 Å². The number of anilines is 1. The molecule has 0 fully saturated rings. The lowest BCUT2D eigenvalue weighted by Gasteiger charge is -2.27. The molecule has 130 valence electrons. The van der Waals surface area contributed by atoms with Crippen LogP contribution in [-0.2, 0) is 6.42 Å². The second kappa shape index (κ2) is 7.66. The van der Waals surface area contributed by atoms with Crippen LogP contribution < -0.4 is 10.6 Å². The van der Waals surface area contributed by atoms with E-state index < -0.39 is 0 Å². The summed E-state index contributed by atoms with van der Waals surface area (Å²) in [4.78, 5) is 13.5. The van der Waals surface area contributed by atoms with Crippen LogP contribution in [0.25, 0.3) is 0 Å². The molecule has 4 nitrogen and oxygen atoms in total. The molecule has 1 aliphatic rings. The van der Waals surface area contributed by atoms with E-state index in [0.29, 0.717) is 10.7 Å². The van der Waals surface area contributed by atoms with Gasteiger partial charge in [-0.15, -0.1) is 0 Å². The van der Waals surface area contributed by atoms with Crippen molar-refractivity contribution < 1.29 is 4.79 Å². The Hall–Kier alpha value is -2.40. The highest BCUT2D eigenvalue weighted by Crippen LogP contribution is 2.29. The molecule has 0 spiro atoms. The Labute approximate surface area is 154 Å². The number of carbonyl (C=O) groups is 1. The Kier molecular flexibility index (Phi) is 5.34. The molecule has 1 unspecified atom stereocenters. The number of carbonyl (C=O) groups excluding carboxylic acids is 1. The van der Waals surface area contributed by atoms with Gasteiger partial charge < -0.3 is 15.5 Å². The van der Waals surface area contributed by atoms with Crippen molar-refractivity contribution in [3.05, 3.63) is 65.2 Å². The maximum Gasteiger partial charge on any atom is 0.253 e. The van der Waals surface area contributed by atoms with Gasteiger partial charge in [0.2, 0.25) is 0 Å². The minimum Gasteiger partial charge on any atom is -0.356 e. The summed E-state index contributed by atoms with van der Waals surface area (Å²) >= 11 is 5.47. The molecule has 2 aromatic carbocycles. The predicted molar refractivity (Wildman–Crippen MR) is 106 cm³/mol. The first-order chi connectivity index (χ1) is 12.0. The molecule has 0 saturated carbocycles. The van der Waals surface area contributed by atoms with Gasteiger partial charge in [0.15, 0.2) is 5.11 Å². The molecular formula is C20H23N3OS. The van der Waals surface area contributed by atoms with E-state index >= 15 is 0 Å². The van der Waals surface area contributed by atoms with E-state index in [1.807, 2.05) is 24.3 Å². The summed E-state index contributed by atoms with van der Waals surface area (Å²) in [5.41, 5.74) is 4.28. The highest BCUT2D eigenvalue weighted by molar-refractivity contribution is 7.80. The molecule has 0 heterocycles. The third kappa shape index (κ3) is 4.17. The van der Waals surface area contributed by atoms with Gasteiger partial charge in [-0.3, -0.25) is 4.79 Å². The fraction of sp³-hybridized carbons (Fsp3) is 0.300. The highest BCUT2D eigenvalue weighted by Gasteiger charge is 2.20. The lowest BCUT2D eigenvalue weighted by atomic mass is 9.88. The number of rotatable bonds is 3. The van der Waals surface area contributed by atoms with E-state index in [9.17, 15) is 4.79 Å². The van der Waals surface area contributed by atoms with Crippen molar-refractivity contribution in [2.24, 2.45) is 0 Å². The van der Waals surface area contributed by atoms with Gasteiger partial charge in [-0.1, -0.05) is 24.3 Å². The summed E-state index contributed by atoms with van der Waals surface area (Å²) < 4.78 is 0. The Morgan fingerprint density at radius 3 is 2.56 bits per heavy atom. The Morgan fingerprint density at radius 2 is 1.84 bits per heavy atom. The van der Waals surface area contributed by atoms with E-state index in [1.165, 1.54) is 17.5 Å². The maximum atomic E-state index is 11.9. The molecule has 5 heteroatoms. The first-order valence-corrected chi connectivity index (χ1v) is 8.92. The van der Waals surface area contributed by atoms with Crippen LogP contribution in [-0.4, -0.2) is 30.0 Å². The van der Waals surface area contributed by atoms with E-state index in [1.54, 1.807) is 19.0 Å². The van der Waals surface area contributed by atoms with Crippen LogP contribution >= 0.6 is 12.2 Å². The third-order valence-electron chi connectivity index (χ3n) is 4.47. The summed E-state index contributed by atoms with van der Waals surface area (Å²) in [6.07, 6.45) is 3.38. The van der Waals surface area contributed by atoms with E-state index in [0.717, 1.165) is 18.5 Å². The molecule has 2 aromatic rings. The molecule has 0 saturated heterocycles. The van der Waals surface area contributed by atoms with Gasteiger partial charge in [0.1, 0.15) is 0 Å².